The fraction of sp³-hybridized carbons (Fsp3) is 0.500. The lowest BCUT2D eigenvalue weighted by Gasteiger charge is -2.12. The highest BCUT2D eigenvalue weighted by Crippen LogP contribution is 2.23. The molecule has 1 aliphatic rings. The molecule has 1 aromatic carbocycles. The zero-order chi connectivity index (χ0) is 12.3. The third-order valence-electron chi connectivity index (χ3n) is 2.95. The van der Waals surface area contributed by atoms with Crippen molar-refractivity contribution in [1.29, 1.82) is 0 Å². The number of carbonyl (C=O) groups excluding carboxylic acids is 1. The van der Waals surface area contributed by atoms with Crippen molar-refractivity contribution in [2.45, 2.75) is 38.8 Å². The molecule has 3 nitrogen and oxygen atoms in total. The molecule has 0 saturated carbocycles. The van der Waals surface area contributed by atoms with Crippen LogP contribution in [0, 0.1) is 0 Å². The van der Waals surface area contributed by atoms with Crippen molar-refractivity contribution < 1.29 is 9.53 Å². The van der Waals surface area contributed by atoms with E-state index in [1.54, 1.807) is 0 Å². The van der Waals surface area contributed by atoms with Gasteiger partial charge in [-0.2, -0.15) is 0 Å². The second-order valence-corrected chi connectivity index (χ2v) is 4.73. The van der Waals surface area contributed by atoms with Crippen LogP contribution in [-0.4, -0.2) is 18.6 Å². The molecule has 92 valence electrons. The summed E-state index contributed by atoms with van der Waals surface area (Å²) in [5, 5.41) is 3.44. The first-order valence-corrected chi connectivity index (χ1v) is 6.21. The highest BCUT2D eigenvalue weighted by molar-refractivity contribution is 5.89. The van der Waals surface area contributed by atoms with E-state index >= 15 is 0 Å². The summed E-state index contributed by atoms with van der Waals surface area (Å²) in [5.41, 5.74) is 1.88. The predicted molar refractivity (Wildman–Crippen MR) is 67.0 cm³/mol. The quantitative estimate of drug-likeness (QED) is 0.816. The van der Waals surface area contributed by atoms with E-state index in [9.17, 15) is 4.79 Å². The fourth-order valence-corrected chi connectivity index (χ4v) is 2.10. The molecule has 1 N–H and O–H groups in total. The number of hydrogen-bond acceptors (Lipinski definition) is 3. The monoisotopic (exact) mass is 233 g/mol. The van der Waals surface area contributed by atoms with Crippen molar-refractivity contribution in [3.63, 3.8) is 0 Å². The molecular formula is C14H19NO2. The maximum atomic E-state index is 11.6. The van der Waals surface area contributed by atoms with Gasteiger partial charge in [-0.3, -0.25) is 0 Å². The SMILES string of the molecule is CC(C)OC(=O)c1ccc(C2CCCN2)cc1. The second-order valence-electron chi connectivity index (χ2n) is 4.73. The number of ether oxygens (including phenoxy) is 1. The van der Waals surface area contributed by atoms with Gasteiger partial charge in [-0.05, 0) is 50.9 Å². The lowest BCUT2D eigenvalue weighted by Crippen LogP contribution is -2.14. The Morgan fingerprint density at radius 2 is 2.06 bits per heavy atom. The van der Waals surface area contributed by atoms with Gasteiger partial charge in [-0.25, -0.2) is 4.79 Å². The van der Waals surface area contributed by atoms with Gasteiger partial charge in [0.25, 0.3) is 0 Å². The number of nitrogens with one attached hydrogen (secondary N) is 1. The standard InChI is InChI=1S/C14H19NO2/c1-10(2)17-14(16)12-7-5-11(6-8-12)13-4-3-9-15-13/h5-8,10,13,15H,3-4,9H2,1-2H3. The average molecular weight is 233 g/mol. The van der Waals surface area contributed by atoms with Crippen molar-refractivity contribution >= 4 is 5.97 Å². The maximum absolute atomic E-state index is 11.6. The molecule has 0 spiro atoms. The van der Waals surface area contributed by atoms with Gasteiger partial charge in [-0.1, -0.05) is 12.1 Å². The van der Waals surface area contributed by atoms with Crippen LogP contribution in [-0.2, 0) is 4.74 Å². The van der Waals surface area contributed by atoms with Crippen molar-refractivity contribution in [1.82, 2.24) is 5.32 Å². The molecular weight excluding hydrogens is 214 g/mol. The van der Waals surface area contributed by atoms with Crippen LogP contribution in [0.5, 0.6) is 0 Å². The summed E-state index contributed by atoms with van der Waals surface area (Å²) in [6.07, 6.45) is 2.33. The van der Waals surface area contributed by atoms with Gasteiger partial charge in [0.05, 0.1) is 11.7 Å². The Morgan fingerprint density at radius 3 is 2.59 bits per heavy atom. The number of carbonyl (C=O) groups is 1. The minimum Gasteiger partial charge on any atom is -0.459 e. The van der Waals surface area contributed by atoms with Gasteiger partial charge in [-0.15, -0.1) is 0 Å². The van der Waals surface area contributed by atoms with E-state index in [2.05, 4.69) is 5.32 Å². The van der Waals surface area contributed by atoms with Crippen LogP contribution < -0.4 is 5.32 Å². The summed E-state index contributed by atoms with van der Waals surface area (Å²) in [6, 6.07) is 8.17. The molecule has 0 amide bonds. The molecule has 1 fully saturated rings. The van der Waals surface area contributed by atoms with E-state index in [0.29, 0.717) is 11.6 Å². The molecule has 1 heterocycles. The van der Waals surface area contributed by atoms with Crippen LogP contribution in [0.3, 0.4) is 0 Å². The number of rotatable bonds is 3. The van der Waals surface area contributed by atoms with Crippen LogP contribution in [0.15, 0.2) is 24.3 Å². The lowest BCUT2D eigenvalue weighted by molar-refractivity contribution is 0.0378. The highest BCUT2D eigenvalue weighted by atomic mass is 16.5. The average Bonchev–Trinajstić information content (AvgIpc) is 2.82. The first-order valence-electron chi connectivity index (χ1n) is 6.21. The van der Waals surface area contributed by atoms with Crippen molar-refractivity contribution in [3.8, 4) is 0 Å². The van der Waals surface area contributed by atoms with Crippen LogP contribution in [0.1, 0.15) is 48.7 Å². The normalized spacial score (nSPS) is 19.6. The Kier molecular flexibility index (Phi) is 3.79. The first kappa shape index (κ1) is 12.1. The van der Waals surface area contributed by atoms with E-state index in [1.807, 2.05) is 38.1 Å². The Morgan fingerprint density at radius 1 is 1.35 bits per heavy atom. The summed E-state index contributed by atoms with van der Waals surface area (Å²) < 4.78 is 5.15. The van der Waals surface area contributed by atoms with Gasteiger partial charge < -0.3 is 10.1 Å². The minimum atomic E-state index is -0.245. The molecule has 1 saturated heterocycles. The Labute approximate surface area is 102 Å². The predicted octanol–water partition coefficient (Wildman–Crippen LogP) is 2.68. The van der Waals surface area contributed by atoms with Gasteiger partial charge in [0.15, 0.2) is 0 Å². The number of esters is 1. The highest BCUT2D eigenvalue weighted by Gasteiger charge is 2.16. The molecule has 2 rings (SSSR count). The van der Waals surface area contributed by atoms with Crippen molar-refractivity contribution in [2.75, 3.05) is 6.54 Å². The Balaban J connectivity index is 2.04. The maximum Gasteiger partial charge on any atom is 0.338 e. The molecule has 17 heavy (non-hydrogen) atoms. The number of benzene rings is 1. The van der Waals surface area contributed by atoms with Gasteiger partial charge in [0.1, 0.15) is 0 Å². The Hall–Kier alpha value is -1.35. The zero-order valence-electron chi connectivity index (χ0n) is 10.4. The molecule has 0 bridgehead atoms. The topological polar surface area (TPSA) is 38.3 Å². The fourth-order valence-electron chi connectivity index (χ4n) is 2.10. The molecule has 1 unspecified atom stereocenters. The van der Waals surface area contributed by atoms with Crippen LogP contribution in [0.2, 0.25) is 0 Å². The minimum absolute atomic E-state index is 0.0707. The summed E-state index contributed by atoms with van der Waals surface area (Å²) in [7, 11) is 0. The molecule has 0 radical (unpaired) electrons. The van der Waals surface area contributed by atoms with E-state index in [1.165, 1.54) is 18.4 Å². The van der Waals surface area contributed by atoms with Crippen molar-refractivity contribution in [2.24, 2.45) is 0 Å². The first-order chi connectivity index (χ1) is 8.16. The van der Waals surface area contributed by atoms with E-state index < -0.39 is 0 Å². The van der Waals surface area contributed by atoms with Crippen LogP contribution in [0.25, 0.3) is 0 Å². The second kappa shape index (κ2) is 5.32. The number of hydrogen-bond donors (Lipinski definition) is 1. The molecule has 0 aliphatic carbocycles. The largest absolute Gasteiger partial charge is 0.459 e. The van der Waals surface area contributed by atoms with Crippen LogP contribution in [0.4, 0.5) is 0 Å². The third-order valence-corrected chi connectivity index (χ3v) is 2.95. The third kappa shape index (κ3) is 3.07. The van der Waals surface area contributed by atoms with E-state index in [4.69, 9.17) is 4.74 Å². The van der Waals surface area contributed by atoms with Gasteiger partial charge >= 0.3 is 5.97 Å². The molecule has 3 heteroatoms. The van der Waals surface area contributed by atoms with Gasteiger partial charge in [0, 0.05) is 6.04 Å². The summed E-state index contributed by atoms with van der Waals surface area (Å²) in [5.74, 6) is -0.245. The molecule has 1 aliphatic heterocycles. The Bertz CT molecular complexity index is 378. The van der Waals surface area contributed by atoms with Crippen LogP contribution >= 0.6 is 0 Å². The summed E-state index contributed by atoms with van der Waals surface area (Å²) >= 11 is 0. The lowest BCUT2D eigenvalue weighted by atomic mass is 10.0. The summed E-state index contributed by atoms with van der Waals surface area (Å²) in [4.78, 5) is 11.6. The van der Waals surface area contributed by atoms with Gasteiger partial charge in [0.2, 0.25) is 0 Å². The van der Waals surface area contributed by atoms with E-state index in [0.717, 1.165) is 6.54 Å². The molecule has 1 atom stereocenters. The zero-order valence-corrected chi connectivity index (χ0v) is 10.4. The summed E-state index contributed by atoms with van der Waals surface area (Å²) in [6.45, 7) is 4.80. The van der Waals surface area contributed by atoms with E-state index in [-0.39, 0.29) is 12.1 Å². The smallest absolute Gasteiger partial charge is 0.338 e. The molecule has 1 aromatic rings. The van der Waals surface area contributed by atoms with Crippen molar-refractivity contribution in [3.05, 3.63) is 35.4 Å². The molecule has 0 aromatic heterocycles.